The number of piperidine rings is 1. The standard InChI is InChI=1S/C25H34N8O3/c1-24(2,3)25(22(34)26-9-12-32(25)23(35)36)13-17-6-10-31(11-7-17)21-20-5-8-27-33(20)16-19(29-21)18-14-28-30(4)15-18/h5,8,14-17H,6-7,9-13H2,1-4H3,(H,26,34)(H,35,36). The van der Waals surface area contributed by atoms with Gasteiger partial charge in [-0.1, -0.05) is 20.8 Å². The zero-order chi connectivity index (χ0) is 25.7. The first-order chi connectivity index (χ1) is 17.1. The van der Waals surface area contributed by atoms with E-state index in [2.05, 4.69) is 20.4 Å². The van der Waals surface area contributed by atoms with Crippen LogP contribution in [0.4, 0.5) is 10.6 Å². The second-order valence-electron chi connectivity index (χ2n) is 10.9. The molecule has 2 N–H and O–H groups in total. The molecule has 2 fully saturated rings. The van der Waals surface area contributed by atoms with E-state index < -0.39 is 17.0 Å². The van der Waals surface area contributed by atoms with Crippen LogP contribution in [0.25, 0.3) is 16.8 Å². The predicted octanol–water partition coefficient (Wildman–Crippen LogP) is 2.63. The van der Waals surface area contributed by atoms with Gasteiger partial charge in [0, 0.05) is 45.0 Å². The van der Waals surface area contributed by atoms with Crippen LogP contribution in [0.2, 0.25) is 0 Å². The Labute approximate surface area is 210 Å². The highest BCUT2D eigenvalue weighted by atomic mass is 16.4. The van der Waals surface area contributed by atoms with Crippen LogP contribution < -0.4 is 10.2 Å². The molecule has 11 heteroatoms. The molecule has 3 aromatic heterocycles. The highest BCUT2D eigenvalue weighted by Crippen LogP contribution is 2.44. The number of nitrogens with zero attached hydrogens (tertiary/aromatic N) is 7. The number of aryl methyl sites for hydroxylation is 1. The van der Waals surface area contributed by atoms with E-state index in [0.717, 1.165) is 48.5 Å². The monoisotopic (exact) mass is 494 g/mol. The molecule has 2 saturated heterocycles. The van der Waals surface area contributed by atoms with Gasteiger partial charge in [-0.15, -0.1) is 0 Å². The van der Waals surface area contributed by atoms with Gasteiger partial charge in [0.15, 0.2) is 5.82 Å². The van der Waals surface area contributed by atoms with Gasteiger partial charge in [0.25, 0.3) is 0 Å². The van der Waals surface area contributed by atoms with Crippen molar-refractivity contribution >= 4 is 23.3 Å². The van der Waals surface area contributed by atoms with Crippen LogP contribution in [-0.2, 0) is 11.8 Å². The van der Waals surface area contributed by atoms with E-state index in [1.54, 1.807) is 17.1 Å². The summed E-state index contributed by atoms with van der Waals surface area (Å²) >= 11 is 0. The number of amides is 2. The Balaban J connectivity index is 1.39. The molecule has 0 aromatic carbocycles. The molecule has 192 valence electrons. The molecule has 1 unspecified atom stereocenters. The number of piperazine rings is 1. The fraction of sp³-hybridized carbons (Fsp3) is 0.560. The number of rotatable bonds is 4. The van der Waals surface area contributed by atoms with Gasteiger partial charge in [0.05, 0.1) is 24.3 Å². The molecule has 0 radical (unpaired) electrons. The normalized spacial score (nSPS) is 21.7. The second kappa shape index (κ2) is 8.79. The fourth-order valence-electron chi connectivity index (χ4n) is 5.86. The SMILES string of the molecule is Cn1cc(-c2cn3nccc3c(N3CCC(CC4(C(C)(C)C)C(=O)NCCN4C(=O)O)CC3)n2)cn1. The molecular formula is C25H34N8O3. The predicted molar refractivity (Wildman–Crippen MR) is 135 cm³/mol. The van der Waals surface area contributed by atoms with Gasteiger partial charge >= 0.3 is 6.09 Å². The maximum atomic E-state index is 13.3. The first kappa shape index (κ1) is 24.1. The first-order valence-corrected chi connectivity index (χ1v) is 12.5. The number of hydrogen-bond donors (Lipinski definition) is 2. The number of nitrogens with one attached hydrogen (secondary N) is 1. The van der Waals surface area contributed by atoms with E-state index in [0.29, 0.717) is 19.5 Å². The van der Waals surface area contributed by atoms with Gasteiger partial charge in [-0.25, -0.2) is 14.3 Å². The zero-order valence-electron chi connectivity index (χ0n) is 21.3. The minimum atomic E-state index is -1.10. The second-order valence-corrected chi connectivity index (χ2v) is 10.9. The number of carbonyl (C=O) groups is 2. The highest BCUT2D eigenvalue weighted by molar-refractivity contribution is 5.91. The van der Waals surface area contributed by atoms with Crippen molar-refractivity contribution in [2.24, 2.45) is 18.4 Å². The van der Waals surface area contributed by atoms with Crippen LogP contribution in [0.1, 0.15) is 40.0 Å². The molecule has 11 nitrogen and oxygen atoms in total. The van der Waals surface area contributed by atoms with E-state index in [1.165, 1.54) is 4.90 Å². The lowest BCUT2D eigenvalue weighted by molar-refractivity contribution is -0.146. The summed E-state index contributed by atoms with van der Waals surface area (Å²) in [6.45, 7) is 8.09. The van der Waals surface area contributed by atoms with Crippen molar-refractivity contribution in [2.75, 3.05) is 31.1 Å². The molecule has 0 bridgehead atoms. The number of anilines is 1. The fourth-order valence-corrected chi connectivity index (χ4v) is 5.86. The van der Waals surface area contributed by atoms with Gasteiger partial charge < -0.3 is 15.3 Å². The quantitative estimate of drug-likeness (QED) is 0.572. The Morgan fingerprint density at radius 3 is 2.58 bits per heavy atom. The average Bonchev–Trinajstić information content (AvgIpc) is 3.48. The molecule has 36 heavy (non-hydrogen) atoms. The van der Waals surface area contributed by atoms with Gasteiger partial charge in [-0.2, -0.15) is 10.2 Å². The summed E-state index contributed by atoms with van der Waals surface area (Å²) in [5.41, 5.74) is 1.03. The minimum absolute atomic E-state index is 0.183. The van der Waals surface area contributed by atoms with Crippen LogP contribution >= 0.6 is 0 Å². The number of fused-ring (bicyclic) bond motifs is 1. The largest absolute Gasteiger partial charge is 0.465 e. The van der Waals surface area contributed by atoms with E-state index in [9.17, 15) is 14.7 Å². The van der Waals surface area contributed by atoms with Crippen LogP contribution in [0.5, 0.6) is 0 Å². The van der Waals surface area contributed by atoms with Crippen molar-refractivity contribution in [3.63, 3.8) is 0 Å². The molecule has 0 spiro atoms. The Kier molecular flexibility index (Phi) is 5.88. The van der Waals surface area contributed by atoms with Crippen molar-refractivity contribution < 1.29 is 14.7 Å². The van der Waals surface area contributed by atoms with Crippen LogP contribution in [0, 0.1) is 11.3 Å². The molecule has 0 aliphatic carbocycles. The van der Waals surface area contributed by atoms with Crippen LogP contribution in [0.3, 0.4) is 0 Å². The lowest BCUT2D eigenvalue weighted by Gasteiger charge is -2.53. The van der Waals surface area contributed by atoms with Crippen molar-refractivity contribution in [1.82, 2.24) is 34.6 Å². The van der Waals surface area contributed by atoms with Crippen LogP contribution in [-0.4, -0.2) is 78.1 Å². The van der Waals surface area contributed by atoms with E-state index in [4.69, 9.17) is 4.98 Å². The third kappa shape index (κ3) is 3.96. The van der Waals surface area contributed by atoms with Crippen LogP contribution in [0.15, 0.2) is 30.9 Å². The summed E-state index contributed by atoms with van der Waals surface area (Å²) in [6, 6.07) is 1.97. The number of aromatic nitrogens is 5. The summed E-state index contributed by atoms with van der Waals surface area (Å²) in [5.74, 6) is 0.909. The van der Waals surface area contributed by atoms with Gasteiger partial charge in [-0.05, 0) is 36.7 Å². The first-order valence-electron chi connectivity index (χ1n) is 12.5. The third-order valence-electron chi connectivity index (χ3n) is 7.80. The Morgan fingerprint density at radius 1 is 1.19 bits per heavy atom. The van der Waals surface area contributed by atoms with Gasteiger partial charge in [0.1, 0.15) is 11.1 Å². The summed E-state index contributed by atoms with van der Waals surface area (Å²) < 4.78 is 3.60. The van der Waals surface area contributed by atoms with E-state index in [-0.39, 0.29) is 11.8 Å². The topological polar surface area (TPSA) is 121 Å². The van der Waals surface area contributed by atoms with Gasteiger partial charge in [-0.3, -0.25) is 14.4 Å². The van der Waals surface area contributed by atoms with E-state index in [1.807, 2.05) is 50.8 Å². The maximum Gasteiger partial charge on any atom is 0.408 e. The molecule has 2 aliphatic rings. The summed E-state index contributed by atoms with van der Waals surface area (Å²) in [5, 5.41) is 21.7. The lowest BCUT2D eigenvalue weighted by atomic mass is 9.65. The Morgan fingerprint density at radius 2 is 1.94 bits per heavy atom. The number of carbonyl (C=O) groups excluding carboxylic acids is 1. The summed E-state index contributed by atoms with van der Waals surface area (Å²) in [4.78, 5) is 34.1. The molecule has 3 aromatic rings. The number of hydrogen-bond acceptors (Lipinski definition) is 6. The maximum absolute atomic E-state index is 13.3. The molecule has 2 amide bonds. The Hall–Kier alpha value is -3.63. The minimum Gasteiger partial charge on any atom is -0.465 e. The average molecular weight is 495 g/mol. The third-order valence-corrected chi connectivity index (χ3v) is 7.80. The molecule has 2 aliphatic heterocycles. The van der Waals surface area contributed by atoms with Crippen molar-refractivity contribution in [3.05, 3.63) is 30.9 Å². The molecular weight excluding hydrogens is 460 g/mol. The molecule has 5 heterocycles. The molecule has 1 atom stereocenters. The Bertz CT molecular complexity index is 1280. The summed E-state index contributed by atoms with van der Waals surface area (Å²) in [7, 11) is 1.88. The van der Waals surface area contributed by atoms with Gasteiger partial charge in [0.2, 0.25) is 5.91 Å². The number of carboxylic acid groups (broad SMARTS) is 1. The molecule has 5 rings (SSSR count). The molecule has 0 saturated carbocycles. The smallest absolute Gasteiger partial charge is 0.408 e. The zero-order valence-corrected chi connectivity index (χ0v) is 21.3. The summed E-state index contributed by atoms with van der Waals surface area (Å²) in [6.07, 6.45) is 8.58. The van der Waals surface area contributed by atoms with E-state index >= 15 is 0 Å². The highest BCUT2D eigenvalue weighted by Gasteiger charge is 2.57. The van der Waals surface area contributed by atoms with Crippen molar-refractivity contribution in [2.45, 2.75) is 45.6 Å². The lowest BCUT2D eigenvalue weighted by Crippen LogP contribution is -2.72. The van der Waals surface area contributed by atoms with Crippen molar-refractivity contribution in [3.8, 4) is 11.3 Å². The van der Waals surface area contributed by atoms with Crippen molar-refractivity contribution in [1.29, 1.82) is 0 Å².